The Hall–Kier alpha value is -3.42. The van der Waals surface area contributed by atoms with Gasteiger partial charge in [0.05, 0.1) is 12.6 Å². The van der Waals surface area contributed by atoms with Crippen molar-refractivity contribution in [3.8, 4) is 0 Å². The van der Waals surface area contributed by atoms with Crippen molar-refractivity contribution in [3.05, 3.63) is 60.4 Å². The fourth-order valence-electron chi connectivity index (χ4n) is 2.95. The Morgan fingerprint density at radius 3 is 2.57 bits per heavy atom. The van der Waals surface area contributed by atoms with Crippen molar-refractivity contribution in [2.75, 3.05) is 30.4 Å². The van der Waals surface area contributed by atoms with E-state index in [-0.39, 0.29) is 30.2 Å². The summed E-state index contributed by atoms with van der Waals surface area (Å²) in [6.07, 6.45) is 0.345. The summed E-state index contributed by atoms with van der Waals surface area (Å²) >= 11 is 0. The van der Waals surface area contributed by atoms with Gasteiger partial charge >= 0.3 is 0 Å². The van der Waals surface area contributed by atoms with Crippen LogP contribution in [-0.2, 0) is 9.59 Å². The smallest absolute Gasteiger partial charge is 0.243 e. The van der Waals surface area contributed by atoms with Gasteiger partial charge in [0, 0.05) is 31.4 Å². The fraction of sp³-hybridized carbons (Fsp3) is 0.250. The van der Waals surface area contributed by atoms with Gasteiger partial charge in [0.2, 0.25) is 11.8 Å². The molecular formula is C20H22FN5O2. The Bertz CT molecular complexity index is 855. The van der Waals surface area contributed by atoms with Gasteiger partial charge in [-0.2, -0.15) is 0 Å². The molecule has 2 aromatic rings. The minimum atomic E-state index is -0.364. The number of halogens is 1. The molecule has 1 unspecified atom stereocenters. The first kappa shape index (κ1) is 19.3. The summed E-state index contributed by atoms with van der Waals surface area (Å²) in [6.45, 7) is 0.505. The normalized spacial score (nSPS) is 16.8. The number of aliphatic imine (C=N–C) groups is 1. The summed E-state index contributed by atoms with van der Waals surface area (Å²) in [5, 5.41) is 8.75. The second-order valence-corrected chi connectivity index (χ2v) is 6.37. The topological polar surface area (TPSA) is 85.8 Å². The molecule has 1 heterocycles. The van der Waals surface area contributed by atoms with Crippen molar-refractivity contribution in [2.24, 2.45) is 4.99 Å². The number of nitrogens with zero attached hydrogens (tertiary/aromatic N) is 2. The Kier molecular flexibility index (Phi) is 6.21. The minimum Gasteiger partial charge on any atom is -0.351 e. The average Bonchev–Trinajstić information content (AvgIpc) is 3.07. The summed E-state index contributed by atoms with van der Waals surface area (Å²) in [5.74, 6) is -0.186. The van der Waals surface area contributed by atoms with E-state index in [0.717, 1.165) is 5.69 Å². The number of carbonyl (C=O) groups excluding carboxylic acids is 2. The first-order valence-corrected chi connectivity index (χ1v) is 8.93. The highest BCUT2D eigenvalue weighted by Gasteiger charge is 2.31. The maximum Gasteiger partial charge on any atom is 0.243 e. The molecule has 8 heteroatoms. The Morgan fingerprint density at radius 2 is 1.89 bits per heavy atom. The minimum absolute atomic E-state index is 0.0138. The molecule has 2 amide bonds. The van der Waals surface area contributed by atoms with Gasteiger partial charge in [-0.1, -0.05) is 18.2 Å². The third-order valence-electron chi connectivity index (χ3n) is 4.30. The predicted molar refractivity (Wildman–Crippen MR) is 107 cm³/mol. The number of guanidine groups is 1. The molecule has 7 nitrogen and oxygen atoms in total. The zero-order valence-electron chi connectivity index (χ0n) is 15.5. The van der Waals surface area contributed by atoms with Gasteiger partial charge in [-0.25, -0.2) is 4.39 Å². The molecule has 146 valence electrons. The lowest BCUT2D eigenvalue weighted by molar-refractivity contribution is -0.117. The van der Waals surface area contributed by atoms with E-state index >= 15 is 0 Å². The van der Waals surface area contributed by atoms with E-state index in [1.165, 1.54) is 24.3 Å². The Balaban J connectivity index is 1.49. The molecule has 1 saturated heterocycles. The molecule has 1 aliphatic heterocycles. The van der Waals surface area contributed by atoms with Crippen molar-refractivity contribution in [1.29, 1.82) is 0 Å². The molecule has 0 saturated carbocycles. The molecule has 2 aromatic carbocycles. The van der Waals surface area contributed by atoms with Crippen molar-refractivity contribution >= 4 is 29.1 Å². The van der Waals surface area contributed by atoms with Crippen molar-refractivity contribution in [2.45, 2.75) is 12.5 Å². The van der Waals surface area contributed by atoms with Crippen LogP contribution in [0.5, 0.6) is 0 Å². The molecule has 1 atom stereocenters. The van der Waals surface area contributed by atoms with Gasteiger partial charge in [0.1, 0.15) is 5.82 Å². The van der Waals surface area contributed by atoms with E-state index < -0.39 is 0 Å². The number of nitrogens with one attached hydrogen (secondary N) is 3. The van der Waals surface area contributed by atoms with Crippen LogP contribution in [0.25, 0.3) is 0 Å². The molecule has 0 bridgehead atoms. The molecular weight excluding hydrogens is 361 g/mol. The highest BCUT2D eigenvalue weighted by atomic mass is 19.1. The van der Waals surface area contributed by atoms with Crippen LogP contribution < -0.4 is 20.9 Å². The molecule has 1 aliphatic rings. The molecule has 1 fully saturated rings. The highest BCUT2D eigenvalue weighted by molar-refractivity contribution is 5.98. The van der Waals surface area contributed by atoms with Crippen LogP contribution in [0.15, 0.2) is 59.6 Å². The van der Waals surface area contributed by atoms with E-state index in [1.54, 1.807) is 11.9 Å². The van der Waals surface area contributed by atoms with E-state index in [4.69, 9.17) is 0 Å². The highest BCUT2D eigenvalue weighted by Crippen LogP contribution is 2.20. The van der Waals surface area contributed by atoms with Crippen LogP contribution in [0.1, 0.15) is 6.42 Å². The fourth-order valence-corrected chi connectivity index (χ4v) is 2.95. The number of hydrogen-bond donors (Lipinski definition) is 3. The molecule has 0 aliphatic carbocycles. The van der Waals surface area contributed by atoms with Gasteiger partial charge in [-0.3, -0.25) is 14.6 Å². The van der Waals surface area contributed by atoms with Crippen LogP contribution in [0, 0.1) is 5.82 Å². The number of amides is 2. The summed E-state index contributed by atoms with van der Waals surface area (Å²) in [6, 6.07) is 14.9. The second kappa shape index (κ2) is 8.98. The third kappa shape index (κ3) is 5.06. The van der Waals surface area contributed by atoms with Gasteiger partial charge in [0.15, 0.2) is 5.96 Å². The van der Waals surface area contributed by atoms with Crippen molar-refractivity contribution < 1.29 is 14.0 Å². The van der Waals surface area contributed by atoms with Crippen LogP contribution in [-0.4, -0.2) is 44.0 Å². The van der Waals surface area contributed by atoms with Crippen molar-refractivity contribution in [3.63, 3.8) is 0 Å². The van der Waals surface area contributed by atoms with E-state index in [9.17, 15) is 14.0 Å². The number of rotatable bonds is 5. The van der Waals surface area contributed by atoms with Gasteiger partial charge in [0.25, 0.3) is 0 Å². The van der Waals surface area contributed by atoms with Crippen LogP contribution in [0.2, 0.25) is 0 Å². The first-order chi connectivity index (χ1) is 13.5. The summed E-state index contributed by atoms with van der Waals surface area (Å²) in [7, 11) is 1.60. The van der Waals surface area contributed by atoms with E-state index in [1.807, 2.05) is 30.3 Å². The van der Waals surface area contributed by atoms with Gasteiger partial charge in [-0.15, -0.1) is 0 Å². The maximum atomic E-state index is 12.9. The molecule has 3 N–H and O–H groups in total. The second-order valence-electron chi connectivity index (χ2n) is 6.37. The number of hydrogen-bond acceptors (Lipinski definition) is 3. The zero-order chi connectivity index (χ0) is 19.9. The number of benzene rings is 2. The van der Waals surface area contributed by atoms with Crippen LogP contribution in [0.3, 0.4) is 0 Å². The van der Waals surface area contributed by atoms with Crippen LogP contribution >= 0.6 is 0 Å². The zero-order valence-corrected chi connectivity index (χ0v) is 15.5. The number of para-hydroxylation sites is 1. The Labute approximate surface area is 162 Å². The molecule has 0 radical (unpaired) electrons. The monoisotopic (exact) mass is 383 g/mol. The summed E-state index contributed by atoms with van der Waals surface area (Å²) < 4.78 is 12.9. The third-order valence-corrected chi connectivity index (χ3v) is 4.30. The van der Waals surface area contributed by atoms with Gasteiger partial charge < -0.3 is 20.9 Å². The molecule has 3 rings (SSSR count). The first-order valence-electron chi connectivity index (χ1n) is 8.93. The van der Waals surface area contributed by atoms with Crippen molar-refractivity contribution in [1.82, 2.24) is 10.6 Å². The largest absolute Gasteiger partial charge is 0.351 e. The van der Waals surface area contributed by atoms with E-state index in [2.05, 4.69) is 20.9 Å². The average molecular weight is 383 g/mol. The summed E-state index contributed by atoms with van der Waals surface area (Å²) in [4.78, 5) is 30.1. The summed E-state index contributed by atoms with van der Waals surface area (Å²) in [5.41, 5.74) is 1.37. The molecule has 0 spiro atoms. The molecule has 28 heavy (non-hydrogen) atoms. The lowest BCUT2D eigenvalue weighted by atomic mass is 10.2. The quantitative estimate of drug-likeness (QED) is 0.542. The van der Waals surface area contributed by atoms with Gasteiger partial charge in [-0.05, 0) is 36.4 Å². The van der Waals surface area contributed by atoms with Crippen LogP contribution in [0.4, 0.5) is 15.8 Å². The SMILES string of the molecule is CN=C(NCC(=O)Nc1ccc(F)cc1)NC1CC(=O)N(c2ccccc2)C1. The Morgan fingerprint density at radius 1 is 1.18 bits per heavy atom. The van der Waals surface area contributed by atoms with E-state index in [0.29, 0.717) is 24.6 Å². The standard InChI is InChI=1S/C20H22FN5O2/c1-22-20(23-12-18(27)24-15-9-7-14(21)8-10-15)25-16-11-19(28)26(13-16)17-5-3-2-4-6-17/h2-10,16H,11-13H2,1H3,(H,24,27)(H2,22,23,25). The maximum absolute atomic E-state index is 12.9. The predicted octanol–water partition coefficient (Wildman–Crippen LogP) is 1.73. The number of anilines is 2. The number of carbonyl (C=O) groups is 2. The lowest BCUT2D eigenvalue weighted by Crippen LogP contribution is -2.46. The molecule has 0 aromatic heterocycles. The lowest BCUT2D eigenvalue weighted by Gasteiger charge is -2.19.